The molecule has 1 N–H and O–H groups in total. The highest BCUT2D eigenvalue weighted by molar-refractivity contribution is 4.84. The Labute approximate surface area is 91.3 Å². The minimum atomic E-state index is -0.160. The molecule has 1 heterocycles. The molecule has 4 heteroatoms. The molecule has 0 amide bonds. The van der Waals surface area contributed by atoms with Gasteiger partial charge in [0.15, 0.2) is 0 Å². The van der Waals surface area contributed by atoms with E-state index >= 15 is 0 Å². The summed E-state index contributed by atoms with van der Waals surface area (Å²) in [6, 6.07) is 0. The predicted molar refractivity (Wildman–Crippen MR) is 59.5 cm³/mol. The van der Waals surface area contributed by atoms with Crippen molar-refractivity contribution in [3.63, 3.8) is 0 Å². The molecule has 4 nitrogen and oxygen atoms in total. The molecule has 0 aliphatic heterocycles. The van der Waals surface area contributed by atoms with Gasteiger partial charge in [-0.3, -0.25) is 4.68 Å². The van der Waals surface area contributed by atoms with Gasteiger partial charge < -0.3 is 5.11 Å². The van der Waals surface area contributed by atoms with E-state index in [-0.39, 0.29) is 6.10 Å². The summed E-state index contributed by atoms with van der Waals surface area (Å²) in [6.45, 7) is 5.07. The SMILES string of the molecule is CCCn1ncnc1CCCC(O)CC. The lowest BCUT2D eigenvalue weighted by Crippen LogP contribution is -2.08. The van der Waals surface area contributed by atoms with Crippen molar-refractivity contribution in [2.45, 2.75) is 58.6 Å². The average Bonchev–Trinajstić information content (AvgIpc) is 2.66. The Morgan fingerprint density at radius 3 is 2.93 bits per heavy atom. The lowest BCUT2D eigenvalue weighted by Gasteiger charge is -2.07. The normalized spacial score (nSPS) is 13.0. The second-order valence-electron chi connectivity index (χ2n) is 3.85. The lowest BCUT2D eigenvalue weighted by molar-refractivity contribution is 0.157. The van der Waals surface area contributed by atoms with Gasteiger partial charge >= 0.3 is 0 Å². The zero-order chi connectivity index (χ0) is 11.1. The Morgan fingerprint density at radius 1 is 1.47 bits per heavy atom. The molecule has 1 rings (SSSR count). The molecule has 0 aliphatic rings. The number of hydrogen-bond acceptors (Lipinski definition) is 3. The number of aliphatic hydroxyl groups is 1. The summed E-state index contributed by atoms with van der Waals surface area (Å²) in [5.74, 6) is 1.04. The molecule has 0 saturated carbocycles. The zero-order valence-corrected chi connectivity index (χ0v) is 9.69. The van der Waals surface area contributed by atoms with Crippen molar-refractivity contribution in [2.75, 3.05) is 0 Å². The van der Waals surface area contributed by atoms with Gasteiger partial charge in [0.25, 0.3) is 0 Å². The van der Waals surface area contributed by atoms with Gasteiger partial charge in [0.1, 0.15) is 12.2 Å². The van der Waals surface area contributed by atoms with E-state index in [0.29, 0.717) is 0 Å². The third kappa shape index (κ3) is 4.00. The average molecular weight is 211 g/mol. The maximum absolute atomic E-state index is 9.42. The van der Waals surface area contributed by atoms with E-state index in [1.165, 1.54) is 0 Å². The Morgan fingerprint density at radius 2 is 2.27 bits per heavy atom. The van der Waals surface area contributed by atoms with Crippen LogP contribution in [-0.4, -0.2) is 26.0 Å². The molecule has 1 aromatic heterocycles. The summed E-state index contributed by atoms with van der Waals surface area (Å²) in [5, 5.41) is 13.6. The molecule has 86 valence electrons. The summed E-state index contributed by atoms with van der Waals surface area (Å²) >= 11 is 0. The first kappa shape index (κ1) is 12.2. The summed E-state index contributed by atoms with van der Waals surface area (Å²) < 4.78 is 1.96. The van der Waals surface area contributed by atoms with Crippen LogP contribution < -0.4 is 0 Å². The van der Waals surface area contributed by atoms with Gasteiger partial charge in [-0.05, 0) is 25.7 Å². The molecule has 15 heavy (non-hydrogen) atoms. The molecule has 1 unspecified atom stereocenters. The maximum Gasteiger partial charge on any atom is 0.138 e. The van der Waals surface area contributed by atoms with Crippen molar-refractivity contribution in [3.05, 3.63) is 12.2 Å². The van der Waals surface area contributed by atoms with Gasteiger partial charge in [0.2, 0.25) is 0 Å². The largest absolute Gasteiger partial charge is 0.393 e. The van der Waals surface area contributed by atoms with Crippen molar-refractivity contribution >= 4 is 0 Å². The van der Waals surface area contributed by atoms with Crippen molar-refractivity contribution in [3.8, 4) is 0 Å². The fourth-order valence-electron chi connectivity index (χ4n) is 1.58. The Hall–Kier alpha value is -0.900. The Balaban J connectivity index is 2.33. The second-order valence-corrected chi connectivity index (χ2v) is 3.85. The molecule has 1 atom stereocenters. The van der Waals surface area contributed by atoms with E-state index in [4.69, 9.17) is 0 Å². The smallest absolute Gasteiger partial charge is 0.138 e. The van der Waals surface area contributed by atoms with Crippen LogP contribution >= 0.6 is 0 Å². The maximum atomic E-state index is 9.42. The Kier molecular flexibility index (Phi) is 5.32. The summed E-state index contributed by atoms with van der Waals surface area (Å²) in [7, 11) is 0. The molecule has 0 aromatic carbocycles. The summed E-state index contributed by atoms with van der Waals surface area (Å²) in [6.07, 6.45) is 6.12. The number of nitrogens with zero attached hydrogens (tertiary/aromatic N) is 3. The van der Waals surface area contributed by atoms with Gasteiger partial charge in [-0.1, -0.05) is 13.8 Å². The molecule has 0 saturated heterocycles. The van der Waals surface area contributed by atoms with Crippen molar-refractivity contribution in [1.29, 1.82) is 0 Å². The molecule has 0 radical (unpaired) electrons. The van der Waals surface area contributed by atoms with E-state index in [1.54, 1.807) is 6.33 Å². The molecule has 0 fully saturated rings. The van der Waals surface area contributed by atoms with Crippen LogP contribution in [0.3, 0.4) is 0 Å². The number of aromatic nitrogens is 3. The van der Waals surface area contributed by atoms with E-state index in [9.17, 15) is 5.11 Å². The first-order chi connectivity index (χ1) is 7.27. The van der Waals surface area contributed by atoms with Crippen LogP contribution in [0, 0.1) is 0 Å². The fourth-order valence-corrected chi connectivity index (χ4v) is 1.58. The summed E-state index contributed by atoms with van der Waals surface area (Å²) in [4.78, 5) is 4.23. The molecule has 0 aliphatic carbocycles. The second kappa shape index (κ2) is 6.56. The first-order valence-electron chi connectivity index (χ1n) is 5.82. The van der Waals surface area contributed by atoms with E-state index in [1.807, 2.05) is 11.6 Å². The van der Waals surface area contributed by atoms with Crippen LogP contribution in [0.1, 0.15) is 45.4 Å². The van der Waals surface area contributed by atoms with Crippen LogP contribution in [0.25, 0.3) is 0 Å². The van der Waals surface area contributed by atoms with Crippen molar-refractivity contribution < 1.29 is 5.11 Å². The molecular weight excluding hydrogens is 190 g/mol. The molecule has 0 spiro atoms. The van der Waals surface area contributed by atoms with Crippen LogP contribution in [0.4, 0.5) is 0 Å². The third-order valence-electron chi connectivity index (χ3n) is 2.54. The minimum absolute atomic E-state index is 0.160. The lowest BCUT2D eigenvalue weighted by atomic mass is 10.1. The topological polar surface area (TPSA) is 50.9 Å². The third-order valence-corrected chi connectivity index (χ3v) is 2.54. The number of rotatable bonds is 7. The van der Waals surface area contributed by atoms with E-state index in [2.05, 4.69) is 17.0 Å². The van der Waals surface area contributed by atoms with Gasteiger partial charge in [0, 0.05) is 13.0 Å². The van der Waals surface area contributed by atoms with Gasteiger partial charge in [-0.2, -0.15) is 5.10 Å². The quantitative estimate of drug-likeness (QED) is 0.748. The van der Waals surface area contributed by atoms with Crippen LogP contribution in [-0.2, 0) is 13.0 Å². The highest BCUT2D eigenvalue weighted by Crippen LogP contribution is 2.06. The van der Waals surface area contributed by atoms with Crippen LogP contribution in [0.2, 0.25) is 0 Å². The van der Waals surface area contributed by atoms with Crippen LogP contribution in [0.5, 0.6) is 0 Å². The Bertz CT molecular complexity index is 273. The predicted octanol–water partition coefficient (Wildman–Crippen LogP) is 1.78. The van der Waals surface area contributed by atoms with Crippen molar-refractivity contribution in [2.24, 2.45) is 0 Å². The van der Waals surface area contributed by atoms with E-state index in [0.717, 1.165) is 44.5 Å². The number of aliphatic hydroxyl groups excluding tert-OH is 1. The first-order valence-corrected chi connectivity index (χ1v) is 5.82. The monoisotopic (exact) mass is 211 g/mol. The van der Waals surface area contributed by atoms with Gasteiger partial charge in [-0.15, -0.1) is 0 Å². The number of hydrogen-bond donors (Lipinski definition) is 1. The van der Waals surface area contributed by atoms with Gasteiger partial charge in [0.05, 0.1) is 6.10 Å². The van der Waals surface area contributed by atoms with E-state index < -0.39 is 0 Å². The molecule has 0 bridgehead atoms. The number of aryl methyl sites for hydroxylation is 2. The van der Waals surface area contributed by atoms with Crippen molar-refractivity contribution in [1.82, 2.24) is 14.8 Å². The standard InChI is InChI=1S/C11H21N3O/c1-3-8-14-11(12-9-13-14)7-5-6-10(15)4-2/h9-10,15H,3-8H2,1-2H3. The highest BCUT2D eigenvalue weighted by atomic mass is 16.3. The highest BCUT2D eigenvalue weighted by Gasteiger charge is 2.05. The van der Waals surface area contributed by atoms with Crippen LogP contribution in [0.15, 0.2) is 6.33 Å². The molecule has 1 aromatic rings. The molecular formula is C11H21N3O. The zero-order valence-electron chi connectivity index (χ0n) is 9.69. The fraction of sp³-hybridized carbons (Fsp3) is 0.818. The minimum Gasteiger partial charge on any atom is -0.393 e. The summed E-state index contributed by atoms with van der Waals surface area (Å²) in [5.41, 5.74) is 0. The van der Waals surface area contributed by atoms with Gasteiger partial charge in [-0.25, -0.2) is 4.98 Å².